The van der Waals surface area contributed by atoms with Gasteiger partial charge in [-0.25, -0.2) is 13.4 Å². The van der Waals surface area contributed by atoms with Crippen LogP contribution in [0.15, 0.2) is 64.3 Å². The van der Waals surface area contributed by atoms with Crippen molar-refractivity contribution in [1.82, 2.24) is 14.3 Å². The maximum absolute atomic E-state index is 13.9. The van der Waals surface area contributed by atoms with E-state index in [9.17, 15) is 23.3 Å². The zero-order valence-electron chi connectivity index (χ0n) is 18.2. The Bertz CT molecular complexity index is 1490. The van der Waals surface area contributed by atoms with Crippen LogP contribution in [-0.4, -0.2) is 46.1 Å². The Hall–Kier alpha value is -3.26. The van der Waals surface area contributed by atoms with Crippen LogP contribution in [0.25, 0.3) is 10.2 Å². The minimum Gasteiger partial charge on any atom is -0.281 e. The van der Waals surface area contributed by atoms with E-state index in [1.54, 1.807) is 41.9 Å². The lowest BCUT2D eigenvalue weighted by Crippen LogP contribution is -2.47. The molecule has 1 atom stereocenters. The molecule has 1 aliphatic heterocycles. The number of benzene rings is 1. The predicted octanol–water partition coefficient (Wildman–Crippen LogP) is 4.05. The molecule has 3 aromatic heterocycles. The Kier molecular flexibility index (Phi) is 6.32. The zero-order chi connectivity index (χ0) is 24.6. The summed E-state index contributed by atoms with van der Waals surface area (Å²) in [4.78, 5) is 34.9. The topological polar surface area (TPSA) is 127 Å². The molecular formula is C22H19N5O5S3. The van der Waals surface area contributed by atoms with E-state index in [1.807, 2.05) is 0 Å². The van der Waals surface area contributed by atoms with Gasteiger partial charge in [0.15, 0.2) is 5.13 Å². The highest BCUT2D eigenvalue weighted by molar-refractivity contribution is 7.91. The standard InChI is InChI=1S/C22H19N5O5S3/c28-21(18-6-3-11-26(18)35(31,32)20-7-4-12-33-20)25(14-15-5-1-2-10-23-15)22-24-17-9-8-16(27(29)30)13-19(17)34-22/h1-2,4-5,7-10,12-13,18H,3,6,11,14H2. The van der Waals surface area contributed by atoms with Crippen molar-refractivity contribution >= 4 is 59.6 Å². The number of rotatable bonds is 7. The molecule has 35 heavy (non-hydrogen) atoms. The van der Waals surface area contributed by atoms with E-state index in [2.05, 4.69) is 9.97 Å². The molecule has 0 aliphatic carbocycles. The number of sulfonamides is 1. The van der Waals surface area contributed by atoms with Gasteiger partial charge in [0.05, 0.1) is 27.4 Å². The molecule has 1 saturated heterocycles. The van der Waals surface area contributed by atoms with Gasteiger partial charge < -0.3 is 0 Å². The molecule has 13 heteroatoms. The first-order valence-corrected chi connectivity index (χ1v) is 13.8. The summed E-state index contributed by atoms with van der Waals surface area (Å²) in [5, 5.41) is 13.2. The Balaban J connectivity index is 1.53. The largest absolute Gasteiger partial charge is 0.281 e. The zero-order valence-corrected chi connectivity index (χ0v) is 20.6. The molecule has 10 nitrogen and oxygen atoms in total. The summed E-state index contributed by atoms with van der Waals surface area (Å²) in [6.45, 7) is 0.338. The fourth-order valence-electron chi connectivity index (χ4n) is 4.00. The van der Waals surface area contributed by atoms with Gasteiger partial charge in [-0.3, -0.25) is 24.8 Å². The quantitative estimate of drug-likeness (QED) is 0.261. The van der Waals surface area contributed by atoms with E-state index in [4.69, 9.17) is 0 Å². The lowest BCUT2D eigenvalue weighted by atomic mass is 10.2. The van der Waals surface area contributed by atoms with E-state index in [1.165, 1.54) is 27.4 Å². The molecule has 0 N–H and O–H groups in total. The van der Waals surface area contributed by atoms with Gasteiger partial charge in [-0.05, 0) is 42.5 Å². The van der Waals surface area contributed by atoms with Gasteiger partial charge in [0.1, 0.15) is 10.3 Å². The highest BCUT2D eigenvalue weighted by Crippen LogP contribution is 2.35. The van der Waals surface area contributed by atoms with Crippen LogP contribution >= 0.6 is 22.7 Å². The van der Waals surface area contributed by atoms with Crippen molar-refractivity contribution in [2.24, 2.45) is 0 Å². The number of nitro groups is 1. The number of pyridine rings is 1. The summed E-state index contributed by atoms with van der Waals surface area (Å²) in [6.07, 6.45) is 2.56. The number of thiophene rings is 1. The van der Waals surface area contributed by atoms with Crippen molar-refractivity contribution < 1.29 is 18.1 Å². The second-order valence-corrected chi connectivity index (χ2v) is 11.9. The predicted molar refractivity (Wildman–Crippen MR) is 133 cm³/mol. The van der Waals surface area contributed by atoms with E-state index < -0.39 is 26.9 Å². The number of non-ortho nitro benzene ring substituents is 1. The molecule has 1 aliphatic rings. The van der Waals surface area contributed by atoms with Crippen molar-refractivity contribution in [1.29, 1.82) is 0 Å². The summed E-state index contributed by atoms with van der Waals surface area (Å²) in [6, 6.07) is 12.0. The minimum absolute atomic E-state index is 0.0701. The van der Waals surface area contributed by atoms with Crippen molar-refractivity contribution in [2.75, 3.05) is 11.4 Å². The molecule has 1 aromatic carbocycles. The number of carbonyl (C=O) groups is 1. The highest BCUT2D eigenvalue weighted by atomic mass is 32.2. The second-order valence-electron chi connectivity index (χ2n) is 7.86. The molecular weight excluding hydrogens is 510 g/mol. The monoisotopic (exact) mass is 529 g/mol. The smallest absolute Gasteiger partial charge is 0.270 e. The van der Waals surface area contributed by atoms with Crippen LogP contribution in [0.5, 0.6) is 0 Å². The number of hydrogen-bond donors (Lipinski definition) is 0. The van der Waals surface area contributed by atoms with Gasteiger partial charge in [0.25, 0.3) is 15.7 Å². The number of amides is 1. The fourth-order valence-corrected chi connectivity index (χ4v) is 7.78. The molecule has 1 unspecified atom stereocenters. The summed E-state index contributed by atoms with van der Waals surface area (Å²) in [7, 11) is -3.82. The molecule has 0 spiro atoms. The van der Waals surface area contributed by atoms with Gasteiger partial charge in [0.2, 0.25) is 5.91 Å². The normalized spacial score (nSPS) is 16.5. The summed E-state index contributed by atoms with van der Waals surface area (Å²) in [5.74, 6) is -0.401. The SMILES string of the molecule is O=C(C1CCCN1S(=O)(=O)c1cccs1)N(Cc1ccccn1)c1nc2ccc([N+](=O)[O-])cc2s1. The van der Waals surface area contributed by atoms with Gasteiger partial charge in [-0.15, -0.1) is 11.3 Å². The van der Waals surface area contributed by atoms with Crippen LogP contribution in [0, 0.1) is 10.1 Å². The van der Waals surface area contributed by atoms with Crippen LogP contribution in [-0.2, 0) is 21.4 Å². The number of aromatic nitrogens is 2. The molecule has 5 rings (SSSR count). The molecule has 0 bridgehead atoms. The highest BCUT2D eigenvalue weighted by Gasteiger charge is 2.42. The number of thiazole rings is 1. The first-order chi connectivity index (χ1) is 16.8. The third kappa shape index (κ3) is 4.55. The molecule has 180 valence electrons. The number of nitro benzene ring substituents is 1. The van der Waals surface area contributed by atoms with Crippen molar-refractivity contribution in [3.8, 4) is 0 Å². The average Bonchev–Trinajstić information content (AvgIpc) is 3.62. The Labute approximate surface area is 208 Å². The van der Waals surface area contributed by atoms with Crippen molar-refractivity contribution in [3.63, 3.8) is 0 Å². The number of hydrogen-bond acceptors (Lipinski definition) is 9. The number of fused-ring (bicyclic) bond motifs is 1. The van der Waals surface area contributed by atoms with Crippen molar-refractivity contribution in [2.45, 2.75) is 29.6 Å². The Morgan fingerprint density at radius 1 is 1.23 bits per heavy atom. The first kappa shape index (κ1) is 23.5. The molecule has 4 aromatic rings. The van der Waals surface area contributed by atoms with Gasteiger partial charge in [-0.2, -0.15) is 4.31 Å². The molecule has 0 radical (unpaired) electrons. The number of anilines is 1. The van der Waals surface area contributed by atoms with Crippen LogP contribution in [0.2, 0.25) is 0 Å². The van der Waals surface area contributed by atoms with Crippen LogP contribution < -0.4 is 4.90 Å². The third-order valence-corrected chi connectivity index (χ3v) is 9.98. The number of nitrogens with zero attached hydrogens (tertiary/aromatic N) is 5. The molecule has 4 heterocycles. The Morgan fingerprint density at radius 2 is 2.09 bits per heavy atom. The summed E-state index contributed by atoms with van der Waals surface area (Å²) >= 11 is 2.26. The van der Waals surface area contributed by atoms with E-state index in [-0.39, 0.29) is 23.0 Å². The van der Waals surface area contributed by atoms with Gasteiger partial charge in [-0.1, -0.05) is 23.5 Å². The maximum Gasteiger partial charge on any atom is 0.270 e. The number of carbonyl (C=O) groups excluding carboxylic acids is 1. The summed E-state index contributed by atoms with van der Waals surface area (Å²) in [5.41, 5.74) is 1.06. The molecule has 0 saturated carbocycles. The van der Waals surface area contributed by atoms with Crippen LogP contribution in [0.1, 0.15) is 18.5 Å². The van der Waals surface area contributed by atoms with Gasteiger partial charge >= 0.3 is 0 Å². The fraction of sp³-hybridized carbons (Fsp3) is 0.227. The van der Waals surface area contributed by atoms with Crippen LogP contribution in [0.3, 0.4) is 0 Å². The minimum atomic E-state index is -3.82. The van der Waals surface area contributed by atoms with E-state index in [0.29, 0.717) is 33.9 Å². The average molecular weight is 530 g/mol. The van der Waals surface area contributed by atoms with E-state index in [0.717, 1.165) is 22.7 Å². The molecule has 1 amide bonds. The summed E-state index contributed by atoms with van der Waals surface area (Å²) < 4.78 is 28.5. The first-order valence-electron chi connectivity index (χ1n) is 10.7. The maximum atomic E-state index is 13.9. The third-order valence-electron chi connectivity index (χ3n) is 5.66. The molecule has 1 fully saturated rings. The second kappa shape index (κ2) is 9.41. The Morgan fingerprint density at radius 3 is 2.80 bits per heavy atom. The lowest BCUT2D eigenvalue weighted by Gasteiger charge is -2.28. The lowest BCUT2D eigenvalue weighted by molar-refractivity contribution is -0.384. The van der Waals surface area contributed by atoms with Crippen LogP contribution in [0.4, 0.5) is 10.8 Å². The van der Waals surface area contributed by atoms with Crippen molar-refractivity contribution in [3.05, 3.63) is 75.9 Å². The van der Waals surface area contributed by atoms with Gasteiger partial charge in [0, 0.05) is 24.9 Å². The van der Waals surface area contributed by atoms with E-state index >= 15 is 0 Å².